The molecule has 0 aliphatic carbocycles. The molecule has 27 heavy (non-hydrogen) atoms. The molecule has 0 N–H and O–H groups in total. The Balaban J connectivity index is 1.96. The van der Waals surface area contributed by atoms with Crippen molar-refractivity contribution in [1.82, 2.24) is 9.88 Å². The minimum atomic E-state index is -0.0146. The number of halogens is 1. The predicted molar refractivity (Wildman–Crippen MR) is 118 cm³/mol. The average Bonchev–Trinajstić information content (AvgIpc) is 3.07. The number of amides is 1. The summed E-state index contributed by atoms with van der Waals surface area (Å²) in [5, 5.41) is 0.757. The van der Waals surface area contributed by atoms with Crippen LogP contribution >= 0.6 is 27.3 Å². The lowest BCUT2D eigenvalue weighted by Gasteiger charge is -2.24. The van der Waals surface area contributed by atoms with Gasteiger partial charge < -0.3 is 4.90 Å². The summed E-state index contributed by atoms with van der Waals surface area (Å²) in [6, 6.07) is 13.7. The second-order valence-electron chi connectivity index (χ2n) is 6.46. The van der Waals surface area contributed by atoms with Crippen LogP contribution in [0, 0.1) is 6.92 Å². The number of thiazole rings is 1. The number of carbonyl (C=O) groups is 1. The Kier molecular flexibility index (Phi) is 6.63. The number of likely N-dealkylation sites (N-methyl/N-ethyl adjacent to an activating group) is 1. The molecule has 1 amide bonds. The van der Waals surface area contributed by atoms with E-state index < -0.39 is 0 Å². The molecule has 0 aliphatic heterocycles. The van der Waals surface area contributed by atoms with Crippen molar-refractivity contribution in [2.24, 2.45) is 0 Å². The SMILES string of the molecule is CCN(CC)CCN(C(=O)c1cccc(Br)c1)c1nc2ccc(C)cc2s1. The number of fused-ring (bicyclic) bond motifs is 1. The number of aromatic nitrogens is 1. The van der Waals surface area contributed by atoms with E-state index in [0.717, 1.165) is 39.5 Å². The van der Waals surface area contributed by atoms with E-state index in [1.165, 1.54) is 5.56 Å². The van der Waals surface area contributed by atoms with Crippen LogP contribution < -0.4 is 4.90 Å². The highest BCUT2D eigenvalue weighted by atomic mass is 79.9. The normalized spacial score (nSPS) is 11.3. The lowest BCUT2D eigenvalue weighted by molar-refractivity contribution is 0.0983. The molecule has 1 heterocycles. The average molecular weight is 446 g/mol. The Bertz CT molecular complexity index is 936. The fraction of sp³-hybridized carbons (Fsp3) is 0.333. The Morgan fingerprint density at radius 2 is 1.89 bits per heavy atom. The fourth-order valence-electron chi connectivity index (χ4n) is 2.98. The van der Waals surface area contributed by atoms with Crippen molar-refractivity contribution < 1.29 is 4.79 Å². The molecule has 0 atom stereocenters. The summed E-state index contributed by atoms with van der Waals surface area (Å²) in [7, 11) is 0. The third-order valence-electron chi connectivity index (χ3n) is 4.61. The van der Waals surface area contributed by atoms with Crippen molar-refractivity contribution in [3.63, 3.8) is 0 Å². The monoisotopic (exact) mass is 445 g/mol. The first-order valence-electron chi connectivity index (χ1n) is 9.18. The van der Waals surface area contributed by atoms with Gasteiger partial charge in [-0.1, -0.05) is 53.2 Å². The second kappa shape index (κ2) is 8.95. The van der Waals surface area contributed by atoms with Crippen LogP contribution in [0.25, 0.3) is 10.2 Å². The van der Waals surface area contributed by atoms with Crippen LogP contribution in [0.3, 0.4) is 0 Å². The van der Waals surface area contributed by atoms with E-state index in [2.05, 4.69) is 53.7 Å². The van der Waals surface area contributed by atoms with Crippen LogP contribution in [-0.4, -0.2) is 42.0 Å². The maximum Gasteiger partial charge on any atom is 0.260 e. The van der Waals surface area contributed by atoms with Gasteiger partial charge in [-0.2, -0.15) is 0 Å². The number of carbonyl (C=O) groups excluding carboxylic acids is 1. The van der Waals surface area contributed by atoms with Gasteiger partial charge in [0.05, 0.1) is 10.2 Å². The van der Waals surface area contributed by atoms with Crippen LogP contribution in [0.15, 0.2) is 46.9 Å². The number of hydrogen-bond acceptors (Lipinski definition) is 4. The molecule has 0 spiro atoms. The lowest BCUT2D eigenvalue weighted by atomic mass is 10.2. The van der Waals surface area contributed by atoms with E-state index in [0.29, 0.717) is 12.1 Å². The highest BCUT2D eigenvalue weighted by Crippen LogP contribution is 2.30. The van der Waals surface area contributed by atoms with Crippen LogP contribution in [0.1, 0.15) is 29.8 Å². The van der Waals surface area contributed by atoms with Crippen LogP contribution in [0.4, 0.5) is 5.13 Å². The second-order valence-corrected chi connectivity index (χ2v) is 8.39. The fourth-order valence-corrected chi connectivity index (χ4v) is 4.47. The molecule has 0 saturated heterocycles. The maximum absolute atomic E-state index is 13.3. The minimum absolute atomic E-state index is 0.0146. The zero-order valence-electron chi connectivity index (χ0n) is 15.9. The topological polar surface area (TPSA) is 36.4 Å². The Morgan fingerprint density at radius 1 is 1.11 bits per heavy atom. The van der Waals surface area contributed by atoms with Gasteiger partial charge in [-0.3, -0.25) is 9.69 Å². The van der Waals surface area contributed by atoms with E-state index in [9.17, 15) is 4.79 Å². The predicted octanol–water partition coefficient (Wildman–Crippen LogP) is 5.36. The number of rotatable bonds is 7. The molecular formula is C21H24BrN3OS. The van der Waals surface area contributed by atoms with Crippen molar-refractivity contribution in [2.45, 2.75) is 20.8 Å². The van der Waals surface area contributed by atoms with E-state index >= 15 is 0 Å². The molecule has 142 valence electrons. The van der Waals surface area contributed by atoms with Crippen molar-refractivity contribution >= 4 is 48.5 Å². The summed E-state index contributed by atoms with van der Waals surface area (Å²) < 4.78 is 2.01. The molecule has 0 radical (unpaired) electrons. The summed E-state index contributed by atoms with van der Waals surface area (Å²) in [4.78, 5) is 22.2. The zero-order chi connectivity index (χ0) is 19.4. The maximum atomic E-state index is 13.3. The molecule has 3 rings (SSSR count). The Hall–Kier alpha value is -1.76. The summed E-state index contributed by atoms with van der Waals surface area (Å²) in [5.41, 5.74) is 2.81. The number of benzene rings is 2. The number of hydrogen-bond donors (Lipinski definition) is 0. The van der Waals surface area contributed by atoms with Gasteiger partial charge in [0.2, 0.25) is 0 Å². The van der Waals surface area contributed by atoms with Gasteiger partial charge in [0, 0.05) is 23.1 Å². The highest BCUT2D eigenvalue weighted by molar-refractivity contribution is 9.10. The largest absolute Gasteiger partial charge is 0.302 e. The number of aryl methyl sites for hydroxylation is 1. The highest BCUT2D eigenvalue weighted by Gasteiger charge is 2.22. The van der Waals surface area contributed by atoms with E-state index in [-0.39, 0.29) is 5.91 Å². The summed E-state index contributed by atoms with van der Waals surface area (Å²) >= 11 is 5.04. The summed E-state index contributed by atoms with van der Waals surface area (Å²) in [6.45, 7) is 9.73. The molecule has 0 fully saturated rings. The Morgan fingerprint density at radius 3 is 2.59 bits per heavy atom. The van der Waals surface area contributed by atoms with Crippen molar-refractivity contribution in [3.05, 3.63) is 58.1 Å². The van der Waals surface area contributed by atoms with Crippen molar-refractivity contribution in [3.8, 4) is 0 Å². The van der Waals surface area contributed by atoms with Gasteiger partial charge in [0.1, 0.15) is 0 Å². The van der Waals surface area contributed by atoms with E-state index in [1.54, 1.807) is 11.3 Å². The molecule has 0 aliphatic rings. The van der Waals surface area contributed by atoms with E-state index in [1.807, 2.05) is 35.2 Å². The first-order chi connectivity index (χ1) is 13.0. The van der Waals surface area contributed by atoms with Gasteiger partial charge in [-0.15, -0.1) is 0 Å². The third kappa shape index (κ3) is 4.75. The standard InChI is InChI=1S/C21H24BrN3OS/c1-4-24(5-2)11-12-25(20(26)16-7-6-8-17(22)14-16)21-23-18-10-9-15(3)13-19(18)27-21/h6-10,13-14H,4-5,11-12H2,1-3H3. The number of nitrogens with zero attached hydrogens (tertiary/aromatic N) is 3. The summed E-state index contributed by atoms with van der Waals surface area (Å²) in [6.07, 6.45) is 0. The molecule has 6 heteroatoms. The molecule has 3 aromatic rings. The van der Waals surface area contributed by atoms with Crippen molar-refractivity contribution in [1.29, 1.82) is 0 Å². The molecular weight excluding hydrogens is 422 g/mol. The van der Waals surface area contributed by atoms with E-state index in [4.69, 9.17) is 4.98 Å². The first kappa shape index (κ1) is 20.0. The van der Waals surface area contributed by atoms with Crippen LogP contribution in [0.2, 0.25) is 0 Å². The molecule has 2 aromatic carbocycles. The van der Waals surface area contributed by atoms with Gasteiger partial charge in [-0.25, -0.2) is 4.98 Å². The molecule has 1 aromatic heterocycles. The number of anilines is 1. The quantitative estimate of drug-likeness (QED) is 0.491. The molecule has 0 bridgehead atoms. The third-order valence-corrected chi connectivity index (χ3v) is 6.15. The van der Waals surface area contributed by atoms with Crippen LogP contribution in [0.5, 0.6) is 0 Å². The van der Waals surface area contributed by atoms with Crippen LogP contribution in [-0.2, 0) is 0 Å². The zero-order valence-corrected chi connectivity index (χ0v) is 18.3. The Labute approximate surface area is 172 Å². The minimum Gasteiger partial charge on any atom is -0.302 e. The summed E-state index contributed by atoms with van der Waals surface area (Å²) in [5.74, 6) is -0.0146. The van der Waals surface area contributed by atoms with Crippen molar-refractivity contribution in [2.75, 3.05) is 31.1 Å². The molecule has 0 saturated carbocycles. The smallest absolute Gasteiger partial charge is 0.260 e. The molecule has 0 unspecified atom stereocenters. The first-order valence-corrected chi connectivity index (χ1v) is 10.8. The van der Waals surface area contributed by atoms with Gasteiger partial charge in [-0.05, 0) is 55.9 Å². The van der Waals surface area contributed by atoms with Gasteiger partial charge >= 0.3 is 0 Å². The van der Waals surface area contributed by atoms with Gasteiger partial charge in [0.25, 0.3) is 5.91 Å². The molecule has 4 nitrogen and oxygen atoms in total. The lowest BCUT2D eigenvalue weighted by Crippen LogP contribution is -2.38. The van der Waals surface area contributed by atoms with Gasteiger partial charge in [0.15, 0.2) is 5.13 Å².